The monoisotopic (exact) mass is 424 g/mol. The third kappa shape index (κ3) is 4.26. The maximum absolute atomic E-state index is 12.6. The number of rotatable bonds is 6. The van der Waals surface area contributed by atoms with Crippen LogP contribution in [0.25, 0.3) is 6.08 Å². The number of amides is 1. The number of likely N-dealkylation sites (N-methyl/N-ethyl adjacent to an activating group) is 1. The summed E-state index contributed by atoms with van der Waals surface area (Å²) in [6.07, 6.45) is 3.31. The molecule has 2 rings (SSSR count). The van der Waals surface area contributed by atoms with Gasteiger partial charge in [-0.15, -0.1) is 0 Å². The summed E-state index contributed by atoms with van der Waals surface area (Å²) in [7, 11) is 2.93. The Labute approximate surface area is 159 Å². The Balaban J connectivity index is 2.38. The molecule has 1 aromatic carbocycles. The molecule has 0 aliphatic carbocycles. The van der Waals surface area contributed by atoms with Crippen LogP contribution in [0.2, 0.25) is 0 Å². The molecule has 0 atom stereocenters. The van der Waals surface area contributed by atoms with E-state index in [1.807, 2.05) is 12.1 Å². The van der Waals surface area contributed by atoms with E-state index in [2.05, 4.69) is 27.2 Å². The molecule has 1 aliphatic rings. The fourth-order valence-corrected chi connectivity index (χ4v) is 2.83. The first-order valence-corrected chi connectivity index (χ1v) is 8.50. The van der Waals surface area contributed by atoms with Crippen LogP contribution in [-0.2, 0) is 14.3 Å². The van der Waals surface area contributed by atoms with Crippen LogP contribution in [0.3, 0.4) is 0 Å². The number of carbonyl (C=O) groups excluding carboxylic acids is 2. The number of benzene rings is 1. The van der Waals surface area contributed by atoms with Gasteiger partial charge in [-0.05, 0) is 36.5 Å². The number of halogens is 1. The molecule has 0 spiro atoms. The summed E-state index contributed by atoms with van der Waals surface area (Å²) >= 11 is 8.67. The molecule has 25 heavy (non-hydrogen) atoms. The summed E-state index contributed by atoms with van der Waals surface area (Å²) in [6.45, 7) is 3.74. The molecule has 0 N–H and O–H groups in total. The summed E-state index contributed by atoms with van der Waals surface area (Å²) in [5.74, 6) is -0.301. The molecule has 0 unspecified atom stereocenters. The zero-order valence-corrected chi connectivity index (χ0v) is 16.2. The molecule has 0 bridgehead atoms. The molecule has 0 saturated carbocycles. The molecule has 1 aromatic rings. The van der Waals surface area contributed by atoms with E-state index in [4.69, 9.17) is 17.0 Å². The number of ether oxygens (including phenoxy) is 2. The molecule has 8 heteroatoms. The standard InChI is InChI=1S/C17H17BrN2O4S/c1-4-7-24-14-6-5-12(18)8-11(14)9-13-16(22)20(10-15(21)23-3)17(25)19(13)2/h4-6,8-9H,1,7,10H2,2-3H3/b13-9-. The lowest BCUT2D eigenvalue weighted by atomic mass is 10.1. The number of hydrogen-bond acceptors (Lipinski definition) is 5. The smallest absolute Gasteiger partial charge is 0.325 e. The van der Waals surface area contributed by atoms with Gasteiger partial charge in [-0.25, -0.2) is 0 Å². The number of carbonyl (C=O) groups is 2. The fourth-order valence-electron chi connectivity index (χ4n) is 2.20. The lowest BCUT2D eigenvalue weighted by Gasteiger charge is -2.14. The molecule has 1 saturated heterocycles. The van der Waals surface area contributed by atoms with Crippen molar-refractivity contribution in [3.63, 3.8) is 0 Å². The summed E-state index contributed by atoms with van der Waals surface area (Å²) < 4.78 is 11.1. The van der Waals surface area contributed by atoms with Gasteiger partial charge in [0.1, 0.15) is 24.6 Å². The van der Waals surface area contributed by atoms with Gasteiger partial charge in [0, 0.05) is 17.1 Å². The van der Waals surface area contributed by atoms with Crippen LogP contribution in [0.15, 0.2) is 41.0 Å². The van der Waals surface area contributed by atoms with E-state index in [-0.39, 0.29) is 17.6 Å². The topological polar surface area (TPSA) is 59.1 Å². The SMILES string of the molecule is C=CCOc1ccc(Br)cc1/C=C1/C(=O)N(CC(=O)OC)C(=S)N1C. The summed E-state index contributed by atoms with van der Waals surface area (Å²) in [4.78, 5) is 26.9. The average Bonchev–Trinajstić information content (AvgIpc) is 2.79. The summed E-state index contributed by atoms with van der Waals surface area (Å²) in [6, 6.07) is 5.47. The number of nitrogens with zero attached hydrogens (tertiary/aromatic N) is 2. The highest BCUT2D eigenvalue weighted by Crippen LogP contribution is 2.29. The van der Waals surface area contributed by atoms with Gasteiger partial charge < -0.3 is 14.4 Å². The second-order valence-electron chi connectivity index (χ2n) is 5.12. The normalized spacial score (nSPS) is 15.7. The molecule has 0 aromatic heterocycles. The lowest BCUT2D eigenvalue weighted by Crippen LogP contribution is -2.36. The Morgan fingerprint density at radius 1 is 1.44 bits per heavy atom. The molecule has 132 valence electrons. The molecule has 1 aliphatic heterocycles. The van der Waals surface area contributed by atoms with Crippen molar-refractivity contribution in [3.8, 4) is 5.75 Å². The first-order valence-electron chi connectivity index (χ1n) is 7.30. The maximum atomic E-state index is 12.6. The highest BCUT2D eigenvalue weighted by atomic mass is 79.9. The van der Waals surface area contributed by atoms with Crippen molar-refractivity contribution in [2.24, 2.45) is 0 Å². The largest absolute Gasteiger partial charge is 0.489 e. The van der Waals surface area contributed by atoms with Gasteiger partial charge >= 0.3 is 5.97 Å². The number of methoxy groups -OCH3 is 1. The van der Waals surface area contributed by atoms with E-state index in [1.165, 1.54) is 12.0 Å². The zero-order valence-electron chi connectivity index (χ0n) is 13.8. The Kier molecular flexibility index (Phi) is 6.33. The van der Waals surface area contributed by atoms with Gasteiger partial charge in [0.05, 0.1) is 7.11 Å². The number of hydrogen-bond donors (Lipinski definition) is 0. The summed E-state index contributed by atoms with van der Waals surface area (Å²) in [5.41, 5.74) is 1.05. The quantitative estimate of drug-likeness (QED) is 0.302. The lowest BCUT2D eigenvalue weighted by molar-refractivity contribution is -0.143. The van der Waals surface area contributed by atoms with Gasteiger partial charge in [-0.2, -0.15) is 0 Å². The van der Waals surface area contributed by atoms with Crippen molar-refractivity contribution in [2.45, 2.75) is 0 Å². The second-order valence-corrected chi connectivity index (χ2v) is 6.40. The van der Waals surface area contributed by atoms with Crippen molar-refractivity contribution in [3.05, 3.63) is 46.6 Å². The minimum Gasteiger partial charge on any atom is -0.489 e. The number of esters is 1. The van der Waals surface area contributed by atoms with Crippen LogP contribution < -0.4 is 4.74 Å². The Hall–Kier alpha value is -2.19. The molecule has 1 fully saturated rings. The molecule has 6 nitrogen and oxygen atoms in total. The minimum atomic E-state index is -0.539. The van der Waals surface area contributed by atoms with Crippen LogP contribution in [0.5, 0.6) is 5.75 Å². The van der Waals surface area contributed by atoms with Gasteiger partial charge in [0.25, 0.3) is 5.91 Å². The third-order valence-electron chi connectivity index (χ3n) is 3.48. The molecule has 1 heterocycles. The van der Waals surface area contributed by atoms with E-state index in [9.17, 15) is 9.59 Å². The van der Waals surface area contributed by atoms with E-state index in [0.717, 1.165) is 4.47 Å². The van der Waals surface area contributed by atoms with Gasteiger partial charge in [-0.1, -0.05) is 28.6 Å². The van der Waals surface area contributed by atoms with Crippen LogP contribution in [0.1, 0.15) is 5.56 Å². The van der Waals surface area contributed by atoms with E-state index < -0.39 is 5.97 Å². The predicted molar refractivity (Wildman–Crippen MR) is 102 cm³/mol. The van der Waals surface area contributed by atoms with Crippen LogP contribution >= 0.6 is 28.1 Å². The Bertz CT molecular complexity index is 763. The first-order chi connectivity index (χ1) is 11.9. The third-order valence-corrected chi connectivity index (χ3v) is 4.47. The number of thiocarbonyl (C=S) groups is 1. The van der Waals surface area contributed by atoms with Crippen LogP contribution in [0, 0.1) is 0 Å². The molecular formula is C17H17BrN2O4S. The van der Waals surface area contributed by atoms with Crippen molar-refractivity contribution in [1.29, 1.82) is 0 Å². The average molecular weight is 425 g/mol. The summed E-state index contributed by atoms with van der Waals surface area (Å²) in [5, 5.41) is 0.241. The second kappa shape index (κ2) is 8.26. The van der Waals surface area contributed by atoms with Gasteiger partial charge in [0.15, 0.2) is 5.11 Å². The van der Waals surface area contributed by atoms with Gasteiger partial charge in [0.2, 0.25) is 0 Å². The minimum absolute atomic E-state index is 0.228. The van der Waals surface area contributed by atoms with Crippen molar-refractivity contribution < 1.29 is 19.1 Å². The maximum Gasteiger partial charge on any atom is 0.325 e. The molecular weight excluding hydrogens is 408 g/mol. The molecule has 0 radical (unpaired) electrons. The molecule has 1 amide bonds. The van der Waals surface area contributed by atoms with E-state index in [1.54, 1.807) is 30.2 Å². The zero-order chi connectivity index (χ0) is 18.6. The van der Waals surface area contributed by atoms with Crippen molar-refractivity contribution in [1.82, 2.24) is 9.80 Å². The van der Waals surface area contributed by atoms with Crippen molar-refractivity contribution in [2.75, 3.05) is 27.3 Å². The van der Waals surface area contributed by atoms with Crippen molar-refractivity contribution >= 4 is 51.2 Å². The van der Waals surface area contributed by atoms with E-state index >= 15 is 0 Å². The Morgan fingerprint density at radius 3 is 2.80 bits per heavy atom. The van der Waals surface area contributed by atoms with Crippen LogP contribution in [0.4, 0.5) is 0 Å². The van der Waals surface area contributed by atoms with Gasteiger partial charge in [-0.3, -0.25) is 14.5 Å². The van der Waals surface area contributed by atoms with Crippen LogP contribution in [-0.4, -0.2) is 54.1 Å². The first kappa shape index (κ1) is 19.1. The predicted octanol–water partition coefficient (Wildman–Crippen LogP) is 2.59. The highest BCUT2D eigenvalue weighted by Gasteiger charge is 2.37. The highest BCUT2D eigenvalue weighted by molar-refractivity contribution is 9.10. The van der Waals surface area contributed by atoms with E-state index in [0.29, 0.717) is 23.6 Å². The Morgan fingerprint density at radius 2 is 2.16 bits per heavy atom. The fraction of sp³-hybridized carbons (Fsp3) is 0.235.